The Morgan fingerprint density at radius 3 is 2.65 bits per heavy atom. The molecule has 0 aromatic heterocycles. The van der Waals surface area contributed by atoms with Crippen LogP contribution >= 0.6 is 0 Å². The van der Waals surface area contributed by atoms with Gasteiger partial charge in [-0.25, -0.2) is 0 Å². The molecule has 0 bridgehead atoms. The Hall–Kier alpha value is -1.30. The Morgan fingerprint density at radius 1 is 1.06 bits per heavy atom. The van der Waals surface area contributed by atoms with Gasteiger partial charge in [0.05, 0.1) is 0 Å². The van der Waals surface area contributed by atoms with Gasteiger partial charge in [0, 0.05) is 5.92 Å². The lowest BCUT2D eigenvalue weighted by atomic mass is 9.68. The molecule has 0 saturated heterocycles. The van der Waals surface area contributed by atoms with E-state index in [4.69, 9.17) is 0 Å². The van der Waals surface area contributed by atoms with E-state index in [2.05, 4.69) is 55.5 Å². The molecule has 0 nitrogen and oxygen atoms in total. The second-order valence-electron chi connectivity index (χ2n) is 5.31. The Balaban J connectivity index is 2.03. The second-order valence-corrected chi connectivity index (χ2v) is 5.31. The summed E-state index contributed by atoms with van der Waals surface area (Å²) in [7, 11) is 0. The summed E-state index contributed by atoms with van der Waals surface area (Å²) in [5.41, 5.74) is 3.18. The van der Waals surface area contributed by atoms with Crippen molar-refractivity contribution in [1.29, 1.82) is 0 Å². The zero-order chi connectivity index (χ0) is 11.7. The van der Waals surface area contributed by atoms with E-state index >= 15 is 0 Å². The first kappa shape index (κ1) is 10.8. The smallest absolute Gasteiger partial charge is 0.00870 e. The molecule has 1 aromatic carbocycles. The van der Waals surface area contributed by atoms with Gasteiger partial charge < -0.3 is 0 Å². The van der Waals surface area contributed by atoms with Crippen molar-refractivity contribution in [3.63, 3.8) is 0 Å². The molecule has 2 aliphatic carbocycles. The van der Waals surface area contributed by atoms with Gasteiger partial charge in [-0.2, -0.15) is 0 Å². The summed E-state index contributed by atoms with van der Waals surface area (Å²) in [5, 5.41) is 0. The fraction of sp³-hybridized carbons (Fsp3) is 0.412. The minimum absolute atomic E-state index is 0.629. The van der Waals surface area contributed by atoms with Crippen LogP contribution in [0.5, 0.6) is 0 Å². The fourth-order valence-electron chi connectivity index (χ4n) is 3.48. The van der Waals surface area contributed by atoms with Gasteiger partial charge in [0.15, 0.2) is 0 Å². The first-order chi connectivity index (χ1) is 8.40. The third-order valence-electron chi connectivity index (χ3n) is 4.24. The van der Waals surface area contributed by atoms with E-state index in [1.807, 2.05) is 0 Å². The Labute approximate surface area is 104 Å². The van der Waals surface area contributed by atoms with E-state index in [0.29, 0.717) is 5.92 Å². The maximum atomic E-state index is 2.41. The number of rotatable bonds is 2. The standard InChI is InChI=1S/C17H20/c1-2-7-13-12-14-8-3-4-9-16(14)17-11-6-5-10-15(13)17/h3-6,8-11,13-14,16H,2,7,12H2,1H3. The van der Waals surface area contributed by atoms with Crippen molar-refractivity contribution >= 4 is 0 Å². The molecule has 0 amide bonds. The molecule has 2 aliphatic rings. The maximum absolute atomic E-state index is 2.41. The van der Waals surface area contributed by atoms with E-state index in [9.17, 15) is 0 Å². The number of benzene rings is 1. The highest BCUT2D eigenvalue weighted by Crippen LogP contribution is 2.46. The molecule has 0 heteroatoms. The van der Waals surface area contributed by atoms with Crippen molar-refractivity contribution in [3.8, 4) is 0 Å². The molecule has 0 saturated carbocycles. The molecule has 0 spiro atoms. The van der Waals surface area contributed by atoms with Crippen LogP contribution in [0.1, 0.15) is 49.1 Å². The fourth-order valence-corrected chi connectivity index (χ4v) is 3.48. The Morgan fingerprint density at radius 2 is 1.82 bits per heavy atom. The topological polar surface area (TPSA) is 0 Å². The largest absolute Gasteiger partial charge is 0.0805 e. The van der Waals surface area contributed by atoms with Gasteiger partial charge in [0.25, 0.3) is 0 Å². The lowest BCUT2D eigenvalue weighted by Crippen LogP contribution is -2.22. The van der Waals surface area contributed by atoms with Crippen LogP contribution in [-0.4, -0.2) is 0 Å². The molecule has 88 valence electrons. The lowest BCUT2D eigenvalue weighted by Gasteiger charge is -2.36. The molecule has 0 aliphatic heterocycles. The predicted molar refractivity (Wildman–Crippen MR) is 73.2 cm³/mol. The minimum Gasteiger partial charge on any atom is -0.0805 e. The molecule has 3 atom stereocenters. The molecule has 1 aromatic rings. The minimum atomic E-state index is 0.629. The molecule has 17 heavy (non-hydrogen) atoms. The van der Waals surface area contributed by atoms with Crippen LogP contribution in [0.25, 0.3) is 0 Å². The first-order valence-corrected chi connectivity index (χ1v) is 6.84. The van der Waals surface area contributed by atoms with Crippen LogP contribution in [0.15, 0.2) is 48.6 Å². The lowest BCUT2D eigenvalue weighted by molar-refractivity contribution is 0.414. The van der Waals surface area contributed by atoms with Crippen molar-refractivity contribution in [2.45, 2.75) is 38.0 Å². The van der Waals surface area contributed by atoms with Crippen molar-refractivity contribution in [2.75, 3.05) is 0 Å². The third kappa shape index (κ3) is 1.86. The number of allylic oxidation sites excluding steroid dienone is 4. The van der Waals surface area contributed by atoms with E-state index < -0.39 is 0 Å². The molecule has 3 rings (SSSR count). The summed E-state index contributed by atoms with van der Waals surface area (Å²) in [6.45, 7) is 2.30. The normalized spacial score (nSPS) is 29.8. The van der Waals surface area contributed by atoms with E-state index in [-0.39, 0.29) is 0 Å². The summed E-state index contributed by atoms with van der Waals surface area (Å²) in [6, 6.07) is 9.07. The van der Waals surface area contributed by atoms with E-state index in [0.717, 1.165) is 11.8 Å². The molecule has 0 radical (unpaired) electrons. The third-order valence-corrected chi connectivity index (χ3v) is 4.24. The predicted octanol–water partition coefficient (Wildman–Crippen LogP) is 4.80. The average Bonchev–Trinajstić information content (AvgIpc) is 2.39. The molecule has 0 heterocycles. The van der Waals surface area contributed by atoms with Gasteiger partial charge in [0.2, 0.25) is 0 Å². The SMILES string of the molecule is CCCC1CC2C=CC=CC2c2ccccc21. The van der Waals surface area contributed by atoms with E-state index in [1.165, 1.54) is 19.3 Å². The summed E-state index contributed by atoms with van der Waals surface area (Å²) in [5.74, 6) is 2.13. The van der Waals surface area contributed by atoms with Gasteiger partial charge in [-0.15, -0.1) is 0 Å². The number of fused-ring (bicyclic) bond motifs is 3. The van der Waals surface area contributed by atoms with Crippen LogP contribution < -0.4 is 0 Å². The van der Waals surface area contributed by atoms with Gasteiger partial charge >= 0.3 is 0 Å². The quantitative estimate of drug-likeness (QED) is 0.677. The van der Waals surface area contributed by atoms with Gasteiger partial charge in [0.1, 0.15) is 0 Å². The maximum Gasteiger partial charge on any atom is 0.00870 e. The van der Waals surface area contributed by atoms with Gasteiger partial charge in [-0.1, -0.05) is 61.9 Å². The summed E-state index contributed by atoms with van der Waals surface area (Å²) in [4.78, 5) is 0. The van der Waals surface area contributed by atoms with Crippen LogP contribution in [0.3, 0.4) is 0 Å². The summed E-state index contributed by atoms with van der Waals surface area (Å²) >= 11 is 0. The highest BCUT2D eigenvalue weighted by Gasteiger charge is 2.32. The average molecular weight is 224 g/mol. The summed E-state index contributed by atoms with van der Waals surface area (Å²) in [6.07, 6.45) is 13.2. The number of hydrogen-bond acceptors (Lipinski definition) is 0. The van der Waals surface area contributed by atoms with Gasteiger partial charge in [-0.05, 0) is 35.8 Å². The molecule has 3 unspecified atom stereocenters. The first-order valence-electron chi connectivity index (χ1n) is 6.84. The second kappa shape index (κ2) is 4.52. The Kier molecular flexibility index (Phi) is 2.88. The molecule has 0 fully saturated rings. The zero-order valence-electron chi connectivity index (χ0n) is 10.5. The van der Waals surface area contributed by atoms with Gasteiger partial charge in [-0.3, -0.25) is 0 Å². The van der Waals surface area contributed by atoms with Crippen LogP contribution in [0.4, 0.5) is 0 Å². The zero-order valence-corrected chi connectivity index (χ0v) is 10.5. The van der Waals surface area contributed by atoms with Crippen molar-refractivity contribution in [1.82, 2.24) is 0 Å². The molecular weight excluding hydrogens is 204 g/mol. The van der Waals surface area contributed by atoms with Crippen LogP contribution in [0.2, 0.25) is 0 Å². The van der Waals surface area contributed by atoms with Crippen LogP contribution in [-0.2, 0) is 0 Å². The van der Waals surface area contributed by atoms with Crippen LogP contribution in [0, 0.1) is 5.92 Å². The van der Waals surface area contributed by atoms with Crippen molar-refractivity contribution in [2.24, 2.45) is 5.92 Å². The summed E-state index contributed by atoms with van der Waals surface area (Å²) < 4.78 is 0. The highest BCUT2D eigenvalue weighted by atomic mass is 14.4. The highest BCUT2D eigenvalue weighted by molar-refractivity contribution is 5.41. The monoisotopic (exact) mass is 224 g/mol. The van der Waals surface area contributed by atoms with Crippen molar-refractivity contribution < 1.29 is 0 Å². The Bertz CT molecular complexity index is 453. The number of hydrogen-bond donors (Lipinski definition) is 0. The molecule has 0 N–H and O–H groups in total. The van der Waals surface area contributed by atoms with E-state index in [1.54, 1.807) is 11.1 Å². The van der Waals surface area contributed by atoms with Crippen molar-refractivity contribution in [3.05, 3.63) is 59.7 Å². The molecular formula is C17H20.